The van der Waals surface area contributed by atoms with E-state index in [0.717, 1.165) is 0 Å². The molecule has 1 aromatic rings. The number of hydrogen-bond acceptors (Lipinski definition) is 4. The SMILES string of the molecule is CC(C)(C)[C@@H](COc1ccc(C(=N)N)nc1)C(=O)O. The van der Waals surface area contributed by atoms with Gasteiger partial charge in [-0.1, -0.05) is 20.8 Å². The van der Waals surface area contributed by atoms with Gasteiger partial charge in [-0.05, 0) is 17.5 Å². The third-order valence-electron chi connectivity index (χ3n) is 2.77. The molecule has 0 fully saturated rings. The Hall–Kier alpha value is -2.11. The van der Waals surface area contributed by atoms with Crippen molar-refractivity contribution in [2.45, 2.75) is 20.8 Å². The number of carboxylic acid groups (broad SMARTS) is 1. The van der Waals surface area contributed by atoms with Crippen LogP contribution in [-0.4, -0.2) is 28.5 Å². The minimum Gasteiger partial charge on any atom is -0.491 e. The molecule has 0 aliphatic carbocycles. The molecule has 0 radical (unpaired) electrons. The Morgan fingerprint density at radius 3 is 2.53 bits per heavy atom. The number of carbonyl (C=O) groups is 1. The average Bonchev–Trinajstić information content (AvgIpc) is 2.27. The van der Waals surface area contributed by atoms with Crippen LogP contribution in [0.15, 0.2) is 18.3 Å². The van der Waals surface area contributed by atoms with Gasteiger partial charge in [0.1, 0.15) is 23.9 Å². The largest absolute Gasteiger partial charge is 0.491 e. The number of nitrogens with one attached hydrogen (secondary N) is 1. The molecular formula is C13H19N3O3. The standard InChI is InChI=1S/C13H19N3O3/c1-13(2,3)9(12(17)18)7-19-8-4-5-10(11(14)15)16-6-8/h4-6,9H,7H2,1-3H3,(H3,14,15)(H,17,18)/t9-/m0/s1. The van der Waals surface area contributed by atoms with Gasteiger partial charge in [0.25, 0.3) is 0 Å². The second-order valence-electron chi connectivity index (χ2n) is 5.36. The van der Waals surface area contributed by atoms with E-state index in [9.17, 15) is 4.79 Å². The highest BCUT2D eigenvalue weighted by atomic mass is 16.5. The van der Waals surface area contributed by atoms with Gasteiger partial charge >= 0.3 is 5.97 Å². The van der Waals surface area contributed by atoms with Gasteiger partial charge < -0.3 is 15.6 Å². The van der Waals surface area contributed by atoms with Crippen molar-refractivity contribution in [3.63, 3.8) is 0 Å². The first-order chi connectivity index (χ1) is 8.71. The summed E-state index contributed by atoms with van der Waals surface area (Å²) in [5.41, 5.74) is 5.25. The molecule has 6 nitrogen and oxygen atoms in total. The van der Waals surface area contributed by atoms with Gasteiger partial charge in [-0.25, -0.2) is 4.98 Å². The molecule has 1 heterocycles. The molecule has 0 saturated carbocycles. The van der Waals surface area contributed by atoms with E-state index in [0.29, 0.717) is 11.4 Å². The zero-order chi connectivity index (χ0) is 14.6. The number of hydrogen-bond donors (Lipinski definition) is 3. The highest BCUT2D eigenvalue weighted by molar-refractivity contribution is 5.92. The minimum absolute atomic E-state index is 0.0694. The van der Waals surface area contributed by atoms with Crippen molar-refractivity contribution in [1.29, 1.82) is 5.41 Å². The molecule has 0 amide bonds. The number of aliphatic carboxylic acids is 1. The van der Waals surface area contributed by atoms with Crippen molar-refractivity contribution in [1.82, 2.24) is 4.98 Å². The maximum atomic E-state index is 11.2. The lowest BCUT2D eigenvalue weighted by Gasteiger charge is -2.26. The lowest BCUT2D eigenvalue weighted by Crippen LogP contribution is -2.33. The van der Waals surface area contributed by atoms with E-state index < -0.39 is 17.3 Å². The van der Waals surface area contributed by atoms with Crippen molar-refractivity contribution in [2.24, 2.45) is 17.1 Å². The molecule has 0 bridgehead atoms. The van der Waals surface area contributed by atoms with Crippen molar-refractivity contribution in [2.75, 3.05) is 6.61 Å². The molecule has 0 spiro atoms. The summed E-state index contributed by atoms with van der Waals surface area (Å²) in [4.78, 5) is 15.1. The molecule has 1 rings (SSSR count). The first-order valence-corrected chi connectivity index (χ1v) is 5.88. The Balaban J connectivity index is 2.70. The fraction of sp³-hybridized carbons (Fsp3) is 0.462. The number of amidine groups is 1. The normalized spacial score (nSPS) is 12.8. The second kappa shape index (κ2) is 5.69. The smallest absolute Gasteiger partial charge is 0.310 e. The average molecular weight is 265 g/mol. The number of rotatable bonds is 5. The van der Waals surface area contributed by atoms with Gasteiger partial charge in [0, 0.05) is 0 Å². The summed E-state index contributed by atoms with van der Waals surface area (Å²) in [6, 6.07) is 3.18. The summed E-state index contributed by atoms with van der Waals surface area (Å²) in [7, 11) is 0. The van der Waals surface area contributed by atoms with Crippen molar-refractivity contribution in [3.05, 3.63) is 24.0 Å². The van der Waals surface area contributed by atoms with Crippen LogP contribution in [0.5, 0.6) is 5.75 Å². The van der Waals surface area contributed by atoms with Crippen LogP contribution in [0.2, 0.25) is 0 Å². The summed E-state index contributed by atoms with van der Waals surface area (Å²) in [6.45, 7) is 5.63. The van der Waals surface area contributed by atoms with E-state index in [-0.39, 0.29) is 12.4 Å². The van der Waals surface area contributed by atoms with E-state index in [1.807, 2.05) is 20.8 Å². The van der Waals surface area contributed by atoms with Gasteiger partial charge in [-0.2, -0.15) is 0 Å². The number of nitrogens with two attached hydrogens (primary N) is 1. The molecule has 0 saturated heterocycles. The molecule has 104 valence electrons. The van der Waals surface area contributed by atoms with Crippen LogP contribution in [0.1, 0.15) is 26.5 Å². The van der Waals surface area contributed by atoms with Gasteiger partial charge in [0.05, 0.1) is 12.1 Å². The third kappa shape index (κ3) is 4.24. The Bertz CT molecular complexity index is 463. The Kier molecular flexibility index (Phi) is 4.47. The Labute approximate surface area is 112 Å². The monoisotopic (exact) mass is 265 g/mol. The minimum atomic E-state index is -0.888. The van der Waals surface area contributed by atoms with Gasteiger partial charge in [-0.3, -0.25) is 10.2 Å². The molecular weight excluding hydrogens is 246 g/mol. The highest BCUT2D eigenvalue weighted by Crippen LogP contribution is 2.27. The van der Waals surface area contributed by atoms with Crippen LogP contribution in [-0.2, 0) is 4.79 Å². The zero-order valence-electron chi connectivity index (χ0n) is 11.3. The fourth-order valence-corrected chi connectivity index (χ4v) is 1.50. The summed E-state index contributed by atoms with van der Waals surface area (Å²) >= 11 is 0. The fourth-order valence-electron chi connectivity index (χ4n) is 1.50. The van der Waals surface area contributed by atoms with E-state index >= 15 is 0 Å². The molecule has 19 heavy (non-hydrogen) atoms. The molecule has 6 heteroatoms. The van der Waals surface area contributed by atoms with E-state index in [2.05, 4.69) is 4.98 Å². The predicted molar refractivity (Wildman–Crippen MR) is 71.3 cm³/mol. The molecule has 0 unspecified atom stereocenters. The topological polar surface area (TPSA) is 109 Å². The van der Waals surface area contributed by atoms with E-state index in [1.165, 1.54) is 6.20 Å². The maximum Gasteiger partial charge on any atom is 0.310 e. The quantitative estimate of drug-likeness (QED) is 0.552. The molecule has 1 aromatic heterocycles. The molecule has 1 atom stereocenters. The lowest BCUT2D eigenvalue weighted by atomic mass is 9.81. The predicted octanol–water partition coefficient (Wildman–Crippen LogP) is 1.49. The van der Waals surface area contributed by atoms with Crippen molar-refractivity contribution < 1.29 is 14.6 Å². The first kappa shape index (κ1) is 14.9. The number of pyridine rings is 1. The molecule has 0 aliphatic rings. The third-order valence-corrected chi connectivity index (χ3v) is 2.77. The highest BCUT2D eigenvalue weighted by Gasteiger charge is 2.31. The van der Waals surface area contributed by atoms with Gasteiger partial charge in [-0.15, -0.1) is 0 Å². The number of ether oxygens (including phenoxy) is 1. The van der Waals surface area contributed by atoms with Crippen molar-refractivity contribution >= 4 is 11.8 Å². The van der Waals surface area contributed by atoms with Crippen LogP contribution >= 0.6 is 0 Å². The van der Waals surface area contributed by atoms with Crippen LogP contribution in [0.4, 0.5) is 0 Å². The second-order valence-corrected chi connectivity index (χ2v) is 5.36. The summed E-state index contributed by atoms with van der Waals surface area (Å²) in [5.74, 6) is -1.16. The molecule has 4 N–H and O–H groups in total. The first-order valence-electron chi connectivity index (χ1n) is 5.88. The maximum absolute atomic E-state index is 11.2. The van der Waals surface area contributed by atoms with Gasteiger partial charge in [0.15, 0.2) is 0 Å². The van der Waals surface area contributed by atoms with E-state index in [4.69, 9.17) is 21.0 Å². The van der Waals surface area contributed by atoms with Gasteiger partial charge in [0.2, 0.25) is 0 Å². The van der Waals surface area contributed by atoms with Crippen LogP contribution in [0, 0.1) is 16.7 Å². The number of aromatic nitrogens is 1. The number of carboxylic acids is 1. The van der Waals surface area contributed by atoms with Crippen molar-refractivity contribution in [3.8, 4) is 5.75 Å². The summed E-state index contributed by atoms with van der Waals surface area (Å²) in [5, 5.41) is 16.4. The van der Waals surface area contributed by atoms with E-state index in [1.54, 1.807) is 12.1 Å². The van der Waals surface area contributed by atoms with Crippen LogP contribution < -0.4 is 10.5 Å². The zero-order valence-corrected chi connectivity index (χ0v) is 11.3. The van der Waals surface area contributed by atoms with Crippen LogP contribution in [0.25, 0.3) is 0 Å². The summed E-state index contributed by atoms with van der Waals surface area (Å²) < 4.78 is 5.44. The number of nitrogens with zero attached hydrogens (tertiary/aromatic N) is 1. The Morgan fingerprint density at radius 1 is 1.53 bits per heavy atom. The molecule has 0 aliphatic heterocycles. The lowest BCUT2D eigenvalue weighted by molar-refractivity contribution is -0.146. The number of nitrogen functional groups attached to an aromatic ring is 1. The Morgan fingerprint density at radius 2 is 2.16 bits per heavy atom. The summed E-state index contributed by atoms with van der Waals surface area (Å²) in [6.07, 6.45) is 1.43. The van der Waals surface area contributed by atoms with Crippen LogP contribution in [0.3, 0.4) is 0 Å². The molecule has 0 aromatic carbocycles.